The molecule has 0 fully saturated rings. The van der Waals surface area contributed by atoms with E-state index in [0.29, 0.717) is 12.3 Å². The molecule has 3 amide bonds. The lowest BCUT2D eigenvalue weighted by atomic mass is 10.1. The fourth-order valence-electron chi connectivity index (χ4n) is 1.83. The molecular formula is C15H16N2O3. The second-order valence-electron chi connectivity index (χ2n) is 4.17. The van der Waals surface area contributed by atoms with Gasteiger partial charge in [0.25, 0.3) is 5.91 Å². The highest BCUT2D eigenvalue weighted by atomic mass is 16.5. The molecule has 0 saturated carbocycles. The summed E-state index contributed by atoms with van der Waals surface area (Å²) in [5.41, 5.74) is 0. The molecule has 0 saturated heterocycles. The van der Waals surface area contributed by atoms with Gasteiger partial charge in [-0.25, -0.2) is 4.79 Å². The minimum Gasteiger partial charge on any atom is -0.483 e. The zero-order valence-electron chi connectivity index (χ0n) is 11.2. The number of ether oxygens (including phenoxy) is 1. The van der Waals surface area contributed by atoms with Crippen LogP contribution in [0.5, 0.6) is 5.75 Å². The van der Waals surface area contributed by atoms with E-state index >= 15 is 0 Å². The van der Waals surface area contributed by atoms with Gasteiger partial charge in [0.2, 0.25) is 0 Å². The molecule has 2 aromatic carbocycles. The highest BCUT2D eigenvalue weighted by Crippen LogP contribution is 2.24. The first kappa shape index (κ1) is 13.9. The number of rotatable bonds is 4. The number of urea groups is 1. The summed E-state index contributed by atoms with van der Waals surface area (Å²) >= 11 is 0. The number of imide groups is 1. The van der Waals surface area contributed by atoms with Crippen molar-refractivity contribution in [2.45, 2.75) is 6.92 Å². The van der Waals surface area contributed by atoms with Crippen molar-refractivity contribution in [2.75, 3.05) is 13.2 Å². The van der Waals surface area contributed by atoms with Crippen LogP contribution in [0, 0.1) is 0 Å². The average molecular weight is 272 g/mol. The monoisotopic (exact) mass is 272 g/mol. The maximum atomic E-state index is 11.5. The maximum Gasteiger partial charge on any atom is 0.321 e. The third-order valence-corrected chi connectivity index (χ3v) is 2.70. The SMILES string of the molecule is CCNC(=O)NC(=O)COc1cccc2ccccc12. The molecule has 5 heteroatoms. The Balaban J connectivity index is 1.99. The van der Waals surface area contributed by atoms with E-state index < -0.39 is 11.9 Å². The predicted octanol–water partition coefficient (Wildman–Crippen LogP) is 2.06. The van der Waals surface area contributed by atoms with Gasteiger partial charge >= 0.3 is 6.03 Å². The van der Waals surface area contributed by atoms with E-state index in [1.165, 1.54) is 0 Å². The lowest BCUT2D eigenvalue weighted by Crippen LogP contribution is -2.41. The first-order valence-electron chi connectivity index (χ1n) is 6.39. The van der Waals surface area contributed by atoms with E-state index in [-0.39, 0.29) is 6.61 Å². The van der Waals surface area contributed by atoms with Crippen molar-refractivity contribution in [3.63, 3.8) is 0 Å². The third-order valence-electron chi connectivity index (χ3n) is 2.70. The van der Waals surface area contributed by atoms with Gasteiger partial charge in [-0.2, -0.15) is 0 Å². The van der Waals surface area contributed by atoms with E-state index in [4.69, 9.17) is 4.74 Å². The van der Waals surface area contributed by atoms with E-state index in [1.807, 2.05) is 36.4 Å². The Kier molecular flexibility index (Phi) is 4.55. The minimum absolute atomic E-state index is 0.203. The van der Waals surface area contributed by atoms with Crippen molar-refractivity contribution in [1.82, 2.24) is 10.6 Å². The number of amides is 3. The second-order valence-corrected chi connectivity index (χ2v) is 4.17. The number of hydrogen-bond acceptors (Lipinski definition) is 3. The molecule has 2 N–H and O–H groups in total. The molecule has 0 radical (unpaired) electrons. The number of carbonyl (C=O) groups is 2. The van der Waals surface area contributed by atoms with Gasteiger partial charge in [-0.3, -0.25) is 10.1 Å². The van der Waals surface area contributed by atoms with Crippen LogP contribution in [0.2, 0.25) is 0 Å². The molecule has 0 aliphatic rings. The molecule has 104 valence electrons. The summed E-state index contributed by atoms with van der Waals surface area (Å²) in [4.78, 5) is 22.7. The molecule has 20 heavy (non-hydrogen) atoms. The van der Waals surface area contributed by atoms with Crippen molar-refractivity contribution in [2.24, 2.45) is 0 Å². The Bertz CT molecular complexity index is 620. The van der Waals surface area contributed by atoms with E-state index in [9.17, 15) is 9.59 Å². The first-order chi connectivity index (χ1) is 9.70. The van der Waals surface area contributed by atoms with Crippen LogP contribution in [0.4, 0.5) is 4.79 Å². The van der Waals surface area contributed by atoms with Crippen LogP contribution < -0.4 is 15.4 Å². The van der Waals surface area contributed by atoms with Crippen molar-refractivity contribution in [1.29, 1.82) is 0 Å². The average Bonchev–Trinajstić information content (AvgIpc) is 2.45. The normalized spacial score (nSPS) is 10.1. The summed E-state index contributed by atoms with van der Waals surface area (Å²) in [5.74, 6) is 0.137. The van der Waals surface area contributed by atoms with Crippen molar-refractivity contribution in [3.05, 3.63) is 42.5 Å². The van der Waals surface area contributed by atoms with Crippen LogP contribution in [0.3, 0.4) is 0 Å². The van der Waals surface area contributed by atoms with Crippen molar-refractivity contribution < 1.29 is 14.3 Å². The topological polar surface area (TPSA) is 67.4 Å². The Labute approximate surface area is 116 Å². The quantitative estimate of drug-likeness (QED) is 0.895. The summed E-state index contributed by atoms with van der Waals surface area (Å²) < 4.78 is 5.47. The number of fused-ring (bicyclic) bond motifs is 1. The van der Waals surface area contributed by atoms with Crippen LogP contribution in [-0.2, 0) is 4.79 Å². The minimum atomic E-state index is -0.515. The number of nitrogens with one attached hydrogen (secondary N) is 2. The van der Waals surface area contributed by atoms with Gasteiger partial charge in [0.1, 0.15) is 5.75 Å². The largest absolute Gasteiger partial charge is 0.483 e. The Hall–Kier alpha value is -2.56. The van der Waals surface area contributed by atoms with Gasteiger partial charge in [-0.15, -0.1) is 0 Å². The summed E-state index contributed by atoms with van der Waals surface area (Å²) in [6, 6.07) is 12.8. The maximum absolute atomic E-state index is 11.5. The van der Waals surface area contributed by atoms with Gasteiger partial charge in [-0.1, -0.05) is 36.4 Å². The third kappa shape index (κ3) is 3.47. The highest BCUT2D eigenvalue weighted by Gasteiger charge is 2.08. The fourth-order valence-corrected chi connectivity index (χ4v) is 1.83. The summed E-state index contributed by atoms with van der Waals surface area (Å²) in [6.45, 7) is 2.03. The highest BCUT2D eigenvalue weighted by molar-refractivity contribution is 5.95. The second kappa shape index (κ2) is 6.56. The molecule has 0 unspecified atom stereocenters. The van der Waals surface area contributed by atoms with E-state index in [1.54, 1.807) is 13.0 Å². The van der Waals surface area contributed by atoms with E-state index in [0.717, 1.165) is 10.8 Å². The van der Waals surface area contributed by atoms with Gasteiger partial charge in [0.05, 0.1) is 0 Å². The Morgan fingerprint density at radius 3 is 2.65 bits per heavy atom. The standard InChI is InChI=1S/C15H16N2O3/c1-2-16-15(19)17-14(18)10-20-13-9-5-7-11-6-3-4-8-12(11)13/h3-9H,2,10H2,1H3,(H2,16,17,18,19). The van der Waals surface area contributed by atoms with Gasteiger partial charge in [0.15, 0.2) is 6.61 Å². The first-order valence-corrected chi connectivity index (χ1v) is 6.39. The van der Waals surface area contributed by atoms with Crippen LogP contribution in [0.15, 0.2) is 42.5 Å². The number of benzene rings is 2. The predicted molar refractivity (Wildman–Crippen MR) is 76.7 cm³/mol. The molecule has 2 rings (SSSR count). The van der Waals surface area contributed by atoms with Crippen LogP contribution in [0.25, 0.3) is 10.8 Å². The van der Waals surface area contributed by atoms with Crippen LogP contribution in [0.1, 0.15) is 6.92 Å². The van der Waals surface area contributed by atoms with Crippen LogP contribution >= 0.6 is 0 Å². The molecule has 5 nitrogen and oxygen atoms in total. The smallest absolute Gasteiger partial charge is 0.321 e. The molecule has 0 spiro atoms. The van der Waals surface area contributed by atoms with Gasteiger partial charge in [0, 0.05) is 11.9 Å². The zero-order valence-corrected chi connectivity index (χ0v) is 11.2. The zero-order chi connectivity index (χ0) is 14.4. The Morgan fingerprint density at radius 2 is 1.85 bits per heavy atom. The molecule has 0 aromatic heterocycles. The van der Waals surface area contributed by atoms with Crippen LogP contribution in [-0.4, -0.2) is 25.1 Å². The summed E-state index contributed by atoms with van der Waals surface area (Å²) in [6.07, 6.45) is 0. The molecule has 0 aliphatic carbocycles. The van der Waals surface area contributed by atoms with Gasteiger partial charge < -0.3 is 10.1 Å². The van der Waals surface area contributed by atoms with Crippen molar-refractivity contribution >= 4 is 22.7 Å². The van der Waals surface area contributed by atoms with Crippen molar-refractivity contribution in [3.8, 4) is 5.75 Å². The number of carbonyl (C=O) groups excluding carboxylic acids is 2. The van der Waals surface area contributed by atoms with Gasteiger partial charge in [-0.05, 0) is 18.4 Å². The molecular weight excluding hydrogens is 256 g/mol. The molecule has 0 heterocycles. The van der Waals surface area contributed by atoms with E-state index in [2.05, 4.69) is 10.6 Å². The lowest BCUT2D eigenvalue weighted by molar-refractivity contribution is -0.121. The molecule has 0 aliphatic heterocycles. The summed E-state index contributed by atoms with van der Waals surface area (Å²) in [7, 11) is 0. The Morgan fingerprint density at radius 1 is 1.10 bits per heavy atom. The number of hydrogen-bond donors (Lipinski definition) is 2. The molecule has 2 aromatic rings. The summed E-state index contributed by atoms with van der Waals surface area (Å²) in [5, 5.41) is 6.63. The lowest BCUT2D eigenvalue weighted by Gasteiger charge is -2.09. The fraction of sp³-hybridized carbons (Fsp3) is 0.200. The molecule has 0 atom stereocenters. The molecule has 0 bridgehead atoms.